The molecule has 0 fully saturated rings. The predicted molar refractivity (Wildman–Crippen MR) is 123 cm³/mol. The quantitative estimate of drug-likeness (QED) is 0.460. The first-order valence-electron chi connectivity index (χ1n) is 10.4. The van der Waals surface area contributed by atoms with Crippen molar-refractivity contribution >= 4 is 16.1 Å². The fourth-order valence-corrected chi connectivity index (χ4v) is 4.02. The molecule has 34 heavy (non-hydrogen) atoms. The van der Waals surface area contributed by atoms with Crippen LogP contribution in [0.15, 0.2) is 70.2 Å². The lowest BCUT2D eigenvalue weighted by Gasteiger charge is -2.28. The van der Waals surface area contributed by atoms with E-state index in [1.54, 1.807) is 24.3 Å². The highest BCUT2D eigenvalue weighted by atomic mass is 32.2. The second kappa shape index (κ2) is 10.2. The number of carbonyl (C=O) groups excluding carboxylic acids is 1. The van der Waals surface area contributed by atoms with Gasteiger partial charge in [-0.3, -0.25) is 0 Å². The van der Waals surface area contributed by atoms with Crippen molar-refractivity contribution in [3.8, 4) is 11.5 Å². The van der Waals surface area contributed by atoms with E-state index in [9.17, 15) is 17.6 Å². The number of benzene rings is 2. The molecule has 0 bridgehead atoms. The minimum atomic E-state index is -4.29. The van der Waals surface area contributed by atoms with Crippen molar-refractivity contribution in [2.75, 3.05) is 7.11 Å². The first-order valence-corrected chi connectivity index (χ1v) is 11.8. The van der Waals surface area contributed by atoms with E-state index in [4.69, 9.17) is 13.3 Å². The summed E-state index contributed by atoms with van der Waals surface area (Å²) in [6, 6.07) is 12.8. The molecule has 0 saturated heterocycles. The smallest absolute Gasteiger partial charge is 0.339 e. The Bertz CT molecular complexity index is 1240. The topological polar surface area (TPSA) is 98.1 Å². The van der Waals surface area contributed by atoms with Gasteiger partial charge < -0.3 is 23.6 Å². The summed E-state index contributed by atoms with van der Waals surface area (Å²) in [6.07, 6.45) is 1.52. The molecule has 8 nitrogen and oxygen atoms in total. The van der Waals surface area contributed by atoms with Crippen molar-refractivity contribution in [1.82, 2.24) is 10.2 Å². The van der Waals surface area contributed by atoms with Crippen LogP contribution in [0.1, 0.15) is 32.1 Å². The van der Waals surface area contributed by atoms with Crippen LogP contribution < -0.4 is 14.2 Å². The number of carbonyl (C=O) groups is 1. The fraction of sp³-hybridized carbons (Fsp3) is 0.292. The Morgan fingerprint density at radius 3 is 2.47 bits per heavy atom. The van der Waals surface area contributed by atoms with E-state index in [0.717, 1.165) is 6.07 Å². The van der Waals surface area contributed by atoms with Crippen molar-refractivity contribution in [2.24, 2.45) is 0 Å². The van der Waals surface area contributed by atoms with Gasteiger partial charge >= 0.3 is 16.1 Å². The third-order valence-corrected chi connectivity index (χ3v) is 5.83. The van der Waals surface area contributed by atoms with Gasteiger partial charge in [-0.2, -0.15) is 8.42 Å². The van der Waals surface area contributed by atoms with Crippen molar-refractivity contribution in [3.05, 3.63) is 78.0 Å². The summed E-state index contributed by atoms with van der Waals surface area (Å²) in [7, 11) is -3.01. The van der Waals surface area contributed by atoms with Gasteiger partial charge in [-0.15, -0.1) is 0 Å². The fourth-order valence-electron chi connectivity index (χ4n) is 3.08. The normalized spacial score (nSPS) is 11.7. The maximum atomic E-state index is 14.0. The molecule has 0 spiro atoms. The lowest BCUT2D eigenvalue weighted by Crippen LogP contribution is -2.47. The van der Waals surface area contributed by atoms with E-state index in [1.807, 2.05) is 20.8 Å². The second-order valence-electron chi connectivity index (χ2n) is 8.60. The standard InChI is InChI=1S/C24H27FN2O6S/c1-24(2,3)26-23(28)27(16-19-9-6-12-32-19)15-17-7-5-8-18(13-17)33-34(29,30)20-10-11-22(31-4)21(25)14-20/h5-14H,15-16H2,1-4H3,(H,26,28). The van der Waals surface area contributed by atoms with Crippen LogP contribution in [0.3, 0.4) is 0 Å². The van der Waals surface area contributed by atoms with Gasteiger partial charge in [0.05, 0.1) is 19.9 Å². The number of hydrogen-bond acceptors (Lipinski definition) is 6. The second-order valence-corrected chi connectivity index (χ2v) is 10.1. The molecule has 182 valence electrons. The monoisotopic (exact) mass is 490 g/mol. The Hall–Kier alpha value is -3.53. The Labute approximate surface area is 198 Å². The van der Waals surface area contributed by atoms with Gasteiger partial charge in [0.1, 0.15) is 16.4 Å². The zero-order valence-electron chi connectivity index (χ0n) is 19.4. The highest BCUT2D eigenvalue weighted by Gasteiger charge is 2.22. The molecule has 0 aliphatic heterocycles. The Kier molecular flexibility index (Phi) is 7.51. The molecule has 1 heterocycles. The average Bonchev–Trinajstić information content (AvgIpc) is 3.25. The molecule has 2 aromatic carbocycles. The number of nitrogens with one attached hydrogen (secondary N) is 1. The average molecular weight is 491 g/mol. The van der Waals surface area contributed by atoms with Crippen molar-refractivity contribution in [3.63, 3.8) is 0 Å². The zero-order valence-corrected chi connectivity index (χ0v) is 20.2. The van der Waals surface area contributed by atoms with E-state index in [-0.39, 0.29) is 35.5 Å². The van der Waals surface area contributed by atoms with Crippen molar-refractivity contribution < 1.29 is 30.9 Å². The van der Waals surface area contributed by atoms with E-state index in [1.165, 1.54) is 42.5 Å². The number of rotatable bonds is 8. The molecule has 0 unspecified atom stereocenters. The molecule has 0 saturated carbocycles. The lowest BCUT2D eigenvalue weighted by atomic mass is 10.1. The molecule has 2 amide bonds. The summed E-state index contributed by atoms with van der Waals surface area (Å²) in [5.41, 5.74) is 0.176. The van der Waals surface area contributed by atoms with Gasteiger partial charge in [0.2, 0.25) is 0 Å². The molecule has 0 radical (unpaired) electrons. The molecule has 3 rings (SSSR count). The Morgan fingerprint density at radius 1 is 1.09 bits per heavy atom. The third-order valence-electron chi connectivity index (χ3n) is 4.59. The molecule has 0 atom stereocenters. The number of methoxy groups -OCH3 is 1. The maximum Gasteiger partial charge on any atom is 0.339 e. The summed E-state index contributed by atoms with van der Waals surface area (Å²) >= 11 is 0. The molecule has 1 N–H and O–H groups in total. The number of amides is 2. The predicted octanol–water partition coefficient (Wildman–Crippen LogP) is 4.71. The van der Waals surface area contributed by atoms with Crippen LogP contribution in [0.25, 0.3) is 0 Å². The summed E-state index contributed by atoms with van der Waals surface area (Å²) < 4.78 is 54.7. The zero-order chi connectivity index (χ0) is 24.9. The summed E-state index contributed by atoms with van der Waals surface area (Å²) in [4.78, 5) is 14.1. The molecular weight excluding hydrogens is 463 g/mol. The number of furan rings is 1. The SMILES string of the molecule is COc1ccc(S(=O)(=O)Oc2cccc(CN(Cc3ccco3)C(=O)NC(C)(C)C)c2)cc1F. The highest BCUT2D eigenvalue weighted by Crippen LogP contribution is 2.25. The van der Waals surface area contributed by atoms with E-state index >= 15 is 0 Å². The van der Waals surface area contributed by atoms with Gasteiger partial charge in [0, 0.05) is 12.1 Å². The third kappa shape index (κ3) is 6.74. The molecule has 3 aromatic rings. The van der Waals surface area contributed by atoms with Crippen LogP contribution >= 0.6 is 0 Å². The summed E-state index contributed by atoms with van der Waals surface area (Å²) in [6.45, 7) is 5.99. The minimum Gasteiger partial charge on any atom is -0.494 e. The van der Waals surface area contributed by atoms with Gasteiger partial charge in [-0.25, -0.2) is 9.18 Å². The van der Waals surface area contributed by atoms with Crippen molar-refractivity contribution in [2.45, 2.75) is 44.3 Å². The number of nitrogens with zero attached hydrogens (tertiary/aromatic N) is 1. The molecule has 0 aliphatic rings. The molecule has 1 aromatic heterocycles. The number of hydrogen-bond donors (Lipinski definition) is 1. The maximum absolute atomic E-state index is 14.0. The van der Waals surface area contributed by atoms with Gasteiger partial charge in [0.25, 0.3) is 0 Å². The minimum absolute atomic E-state index is 0.0305. The lowest BCUT2D eigenvalue weighted by molar-refractivity contribution is 0.178. The summed E-state index contributed by atoms with van der Waals surface area (Å²) in [5.74, 6) is -0.269. The van der Waals surface area contributed by atoms with Crippen LogP contribution in [0.5, 0.6) is 11.5 Å². The van der Waals surface area contributed by atoms with Crippen LogP contribution in [0.2, 0.25) is 0 Å². The Balaban J connectivity index is 1.80. The van der Waals surface area contributed by atoms with Gasteiger partial charge in [-0.05, 0) is 68.8 Å². The van der Waals surface area contributed by atoms with Crippen molar-refractivity contribution in [1.29, 1.82) is 0 Å². The molecule has 10 heteroatoms. The van der Waals surface area contributed by atoms with Crippen LogP contribution in [0, 0.1) is 5.82 Å². The summed E-state index contributed by atoms with van der Waals surface area (Å²) in [5, 5.41) is 2.91. The molecular formula is C24H27FN2O6S. The Morgan fingerprint density at radius 2 is 1.85 bits per heavy atom. The number of halogens is 1. The first-order chi connectivity index (χ1) is 16.0. The van der Waals surface area contributed by atoms with E-state index in [2.05, 4.69) is 5.32 Å². The van der Waals surface area contributed by atoms with E-state index < -0.39 is 21.5 Å². The number of ether oxygens (including phenoxy) is 1. The largest absolute Gasteiger partial charge is 0.494 e. The van der Waals surface area contributed by atoms with Gasteiger partial charge in [0.15, 0.2) is 11.6 Å². The van der Waals surface area contributed by atoms with E-state index in [0.29, 0.717) is 11.3 Å². The highest BCUT2D eigenvalue weighted by molar-refractivity contribution is 7.87. The van der Waals surface area contributed by atoms with Crippen LogP contribution in [0.4, 0.5) is 9.18 Å². The first kappa shape index (κ1) is 25.1. The van der Waals surface area contributed by atoms with Crippen LogP contribution in [-0.2, 0) is 23.2 Å². The van der Waals surface area contributed by atoms with Gasteiger partial charge in [-0.1, -0.05) is 12.1 Å². The van der Waals surface area contributed by atoms with Crippen LogP contribution in [-0.4, -0.2) is 32.0 Å². The molecule has 0 aliphatic carbocycles. The number of urea groups is 1.